The van der Waals surface area contributed by atoms with E-state index in [9.17, 15) is 13.2 Å². The van der Waals surface area contributed by atoms with Crippen molar-refractivity contribution in [2.45, 2.75) is 64.3 Å². The summed E-state index contributed by atoms with van der Waals surface area (Å²) in [5.74, 6) is 0.572. The van der Waals surface area contributed by atoms with Gasteiger partial charge in [0.25, 0.3) is 0 Å². The van der Waals surface area contributed by atoms with Crippen LogP contribution in [0.1, 0.15) is 57.4 Å². The molecule has 7 nitrogen and oxygen atoms in total. The minimum Gasteiger partial charge on any atom is -0.494 e. The van der Waals surface area contributed by atoms with Crippen LogP contribution in [0.4, 0.5) is 0 Å². The van der Waals surface area contributed by atoms with Crippen LogP contribution in [0.5, 0.6) is 5.75 Å². The highest BCUT2D eigenvalue weighted by atomic mass is 32.2. The normalized spacial score (nSPS) is 16.3. The van der Waals surface area contributed by atoms with Gasteiger partial charge >= 0.3 is 5.97 Å². The summed E-state index contributed by atoms with van der Waals surface area (Å²) in [6.07, 6.45) is 6.11. The smallest absolute Gasteiger partial charge is 0.304 e. The molecule has 1 atom stereocenters. The molecule has 0 spiro atoms. The second-order valence-corrected chi connectivity index (χ2v) is 9.99. The number of nitrogens with one attached hydrogen (secondary N) is 2. The Labute approximate surface area is 180 Å². The molecule has 1 aromatic rings. The van der Waals surface area contributed by atoms with Crippen LogP contribution in [-0.4, -0.2) is 51.0 Å². The lowest BCUT2D eigenvalue weighted by atomic mass is 9.93. The van der Waals surface area contributed by atoms with Crippen LogP contribution in [0, 0.1) is 5.92 Å². The van der Waals surface area contributed by atoms with Crippen molar-refractivity contribution in [2.24, 2.45) is 5.92 Å². The monoisotopic (exact) mass is 440 g/mol. The number of unbranched alkanes of at least 4 members (excludes halogenated alkanes) is 1. The van der Waals surface area contributed by atoms with Gasteiger partial charge in [-0.15, -0.1) is 0 Å². The first-order valence-corrected chi connectivity index (χ1v) is 12.7. The molecule has 0 unspecified atom stereocenters. The third-order valence-corrected chi connectivity index (χ3v) is 6.94. The number of carboxylic acids is 1. The SMILES string of the molecule is CCCCS(=O)(=O)N[C@H](CC(=O)O)Cc1ccc(OCCCC2CCNCC2)cc1. The Morgan fingerprint density at radius 2 is 1.93 bits per heavy atom. The summed E-state index contributed by atoms with van der Waals surface area (Å²) in [6, 6.07) is 6.81. The molecule has 3 N–H and O–H groups in total. The second-order valence-electron chi connectivity index (χ2n) is 8.12. The Hall–Kier alpha value is -1.64. The van der Waals surface area contributed by atoms with E-state index in [4.69, 9.17) is 9.84 Å². The molecule has 1 aromatic carbocycles. The summed E-state index contributed by atoms with van der Waals surface area (Å²) in [5, 5.41) is 12.5. The number of benzene rings is 1. The van der Waals surface area contributed by atoms with E-state index in [0.29, 0.717) is 19.4 Å². The molecule has 8 heteroatoms. The van der Waals surface area contributed by atoms with Crippen LogP contribution >= 0.6 is 0 Å². The van der Waals surface area contributed by atoms with Crippen molar-refractivity contribution in [3.63, 3.8) is 0 Å². The molecule has 1 aliphatic rings. The Morgan fingerprint density at radius 3 is 2.57 bits per heavy atom. The van der Waals surface area contributed by atoms with Crippen molar-refractivity contribution >= 4 is 16.0 Å². The first-order chi connectivity index (χ1) is 14.4. The minimum absolute atomic E-state index is 0.0176. The van der Waals surface area contributed by atoms with E-state index in [0.717, 1.165) is 43.2 Å². The molecule has 30 heavy (non-hydrogen) atoms. The zero-order valence-electron chi connectivity index (χ0n) is 17.9. The molecule has 2 rings (SSSR count). The molecule has 0 amide bonds. The molecule has 0 aromatic heterocycles. The summed E-state index contributed by atoms with van der Waals surface area (Å²) in [5.41, 5.74) is 0.876. The fourth-order valence-corrected chi connectivity index (χ4v) is 5.21. The highest BCUT2D eigenvalue weighted by Gasteiger charge is 2.20. The van der Waals surface area contributed by atoms with Crippen LogP contribution in [-0.2, 0) is 21.2 Å². The number of rotatable bonds is 14. The first-order valence-electron chi connectivity index (χ1n) is 11.0. The third kappa shape index (κ3) is 9.91. The predicted octanol–water partition coefficient (Wildman–Crippen LogP) is 2.95. The van der Waals surface area contributed by atoms with Crippen molar-refractivity contribution < 1.29 is 23.1 Å². The number of hydrogen-bond acceptors (Lipinski definition) is 5. The van der Waals surface area contributed by atoms with Gasteiger partial charge in [0.05, 0.1) is 18.8 Å². The number of ether oxygens (including phenoxy) is 1. The van der Waals surface area contributed by atoms with E-state index < -0.39 is 22.0 Å². The summed E-state index contributed by atoms with van der Waals surface area (Å²) in [4.78, 5) is 11.2. The highest BCUT2D eigenvalue weighted by molar-refractivity contribution is 7.89. The van der Waals surface area contributed by atoms with Gasteiger partial charge in [-0.05, 0) is 75.2 Å². The van der Waals surface area contributed by atoms with Crippen molar-refractivity contribution in [3.05, 3.63) is 29.8 Å². The lowest BCUT2D eigenvalue weighted by Gasteiger charge is -2.22. The molecule has 1 saturated heterocycles. The van der Waals surface area contributed by atoms with Crippen LogP contribution in [0.2, 0.25) is 0 Å². The topological polar surface area (TPSA) is 105 Å². The van der Waals surface area contributed by atoms with Gasteiger partial charge in [0.2, 0.25) is 10.0 Å². The molecule has 1 fully saturated rings. The van der Waals surface area contributed by atoms with E-state index in [-0.39, 0.29) is 12.2 Å². The number of carbonyl (C=O) groups is 1. The molecular weight excluding hydrogens is 404 g/mol. The Bertz CT molecular complexity index is 730. The van der Waals surface area contributed by atoms with Gasteiger partial charge in [0.1, 0.15) is 5.75 Å². The molecule has 0 bridgehead atoms. The van der Waals surface area contributed by atoms with Gasteiger partial charge in [-0.2, -0.15) is 0 Å². The first kappa shape index (κ1) is 24.6. The minimum atomic E-state index is -3.48. The van der Waals surface area contributed by atoms with Crippen LogP contribution < -0.4 is 14.8 Å². The van der Waals surface area contributed by atoms with Crippen molar-refractivity contribution in [2.75, 3.05) is 25.4 Å². The standard InChI is InChI=1S/C22H36N2O5S/c1-2-3-15-30(27,28)24-20(17-22(25)26)16-19-6-8-21(9-7-19)29-14-4-5-18-10-12-23-13-11-18/h6-9,18,20,23-24H,2-5,10-17H2,1H3,(H,25,26)/t20-/m0/s1. The number of sulfonamides is 1. The quantitative estimate of drug-likeness (QED) is 0.384. The van der Waals surface area contributed by atoms with E-state index in [1.807, 2.05) is 31.2 Å². The summed E-state index contributed by atoms with van der Waals surface area (Å²) in [7, 11) is -3.48. The van der Waals surface area contributed by atoms with Crippen LogP contribution in [0.3, 0.4) is 0 Å². The van der Waals surface area contributed by atoms with E-state index in [2.05, 4.69) is 10.0 Å². The molecule has 0 saturated carbocycles. The average Bonchev–Trinajstić information content (AvgIpc) is 2.71. The predicted molar refractivity (Wildman–Crippen MR) is 118 cm³/mol. The fraction of sp³-hybridized carbons (Fsp3) is 0.682. The van der Waals surface area contributed by atoms with E-state index in [1.165, 1.54) is 19.3 Å². The van der Waals surface area contributed by atoms with Gasteiger partial charge < -0.3 is 15.2 Å². The molecule has 1 aliphatic heterocycles. The molecule has 0 aliphatic carbocycles. The molecule has 0 radical (unpaired) electrons. The van der Waals surface area contributed by atoms with Crippen LogP contribution in [0.25, 0.3) is 0 Å². The Kier molecular flexibility index (Phi) is 10.6. The zero-order chi connectivity index (χ0) is 21.8. The Balaban J connectivity index is 1.81. The second kappa shape index (κ2) is 12.9. The number of hydrogen-bond donors (Lipinski definition) is 3. The zero-order valence-corrected chi connectivity index (χ0v) is 18.8. The fourth-order valence-electron chi connectivity index (χ4n) is 3.75. The average molecular weight is 441 g/mol. The molecular formula is C22H36N2O5S. The maximum atomic E-state index is 12.2. The maximum Gasteiger partial charge on any atom is 0.304 e. The van der Waals surface area contributed by atoms with Gasteiger partial charge in [0, 0.05) is 6.04 Å². The van der Waals surface area contributed by atoms with Gasteiger partial charge in [0.15, 0.2) is 0 Å². The number of carboxylic acid groups (broad SMARTS) is 1. The summed E-state index contributed by atoms with van der Waals surface area (Å²) < 4.78 is 32.7. The van der Waals surface area contributed by atoms with Crippen molar-refractivity contribution in [3.8, 4) is 5.75 Å². The molecule has 1 heterocycles. The summed E-state index contributed by atoms with van der Waals surface area (Å²) >= 11 is 0. The highest BCUT2D eigenvalue weighted by Crippen LogP contribution is 2.19. The lowest BCUT2D eigenvalue weighted by Crippen LogP contribution is -2.39. The van der Waals surface area contributed by atoms with Crippen molar-refractivity contribution in [1.29, 1.82) is 0 Å². The summed E-state index contributed by atoms with van der Waals surface area (Å²) in [6.45, 7) is 4.83. The Morgan fingerprint density at radius 1 is 1.23 bits per heavy atom. The van der Waals surface area contributed by atoms with Gasteiger partial charge in [-0.3, -0.25) is 4.79 Å². The van der Waals surface area contributed by atoms with Crippen molar-refractivity contribution in [1.82, 2.24) is 10.0 Å². The van der Waals surface area contributed by atoms with Gasteiger partial charge in [-0.25, -0.2) is 13.1 Å². The molecule has 170 valence electrons. The number of aliphatic carboxylic acids is 1. The van der Waals surface area contributed by atoms with E-state index >= 15 is 0 Å². The van der Waals surface area contributed by atoms with Crippen LogP contribution in [0.15, 0.2) is 24.3 Å². The van der Waals surface area contributed by atoms with Gasteiger partial charge in [-0.1, -0.05) is 25.5 Å². The third-order valence-electron chi connectivity index (χ3n) is 5.42. The maximum absolute atomic E-state index is 12.2. The number of piperidine rings is 1. The van der Waals surface area contributed by atoms with E-state index in [1.54, 1.807) is 0 Å². The lowest BCUT2D eigenvalue weighted by molar-refractivity contribution is -0.137. The largest absolute Gasteiger partial charge is 0.494 e.